The summed E-state index contributed by atoms with van der Waals surface area (Å²) in [6.45, 7) is 3.02. The zero-order valence-electron chi connectivity index (χ0n) is 7.68. The van der Waals surface area contributed by atoms with Crippen LogP contribution in [0.5, 0.6) is 0 Å². The minimum Gasteiger partial charge on any atom is -0.330 e. The molecular formula is C10H21N. The molecule has 11 heavy (non-hydrogen) atoms. The van der Waals surface area contributed by atoms with E-state index in [4.69, 9.17) is 5.73 Å². The van der Waals surface area contributed by atoms with Gasteiger partial charge in [0.2, 0.25) is 0 Å². The Labute approximate surface area is 70.7 Å². The Morgan fingerprint density at radius 3 is 2.36 bits per heavy atom. The van der Waals surface area contributed by atoms with Gasteiger partial charge in [0.05, 0.1) is 0 Å². The second kappa shape index (κ2) is 9.70. The molecule has 0 spiro atoms. The summed E-state index contributed by atoms with van der Waals surface area (Å²) < 4.78 is 0. The molecule has 0 heterocycles. The average molecular weight is 155 g/mol. The van der Waals surface area contributed by atoms with Crippen LogP contribution >= 0.6 is 0 Å². The summed E-state index contributed by atoms with van der Waals surface area (Å²) in [7, 11) is 0. The molecule has 0 aliphatic rings. The van der Waals surface area contributed by atoms with Crippen molar-refractivity contribution in [3.8, 4) is 0 Å². The van der Waals surface area contributed by atoms with Crippen LogP contribution in [0.3, 0.4) is 0 Å². The van der Waals surface area contributed by atoms with Crippen molar-refractivity contribution in [3.05, 3.63) is 12.2 Å². The Kier molecular flexibility index (Phi) is 9.44. The highest BCUT2D eigenvalue weighted by molar-refractivity contribution is 4.79. The Bertz CT molecular complexity index is 86.9. The van der Waals surface area contributed by atoms with Crippen LogP contribution in [0.25, 0.3) is 0 Å². The van der Waals surface area contributed by atoms with Crippen molar-refractivity contribution >= 4 is 0 Å². The zero-order chi connectivity index (χ0) is 8.36. The van der Waals surface area contributed by atoms with Crippen LogP contribution in [0.15, 0.2) is 12.2 Å². The molecule has 0 aromatic carbocycles. The van der Waals surface area contributed by atoms with Gasteiger partial charge >= 0.3 is 0 Å². The van der Waals surface area contributed by atoms with E-state index >= 15 is 0 Å². The molecule has 66 valence electrons. The molecule has 0 aromatic rings. The van der Waals surface area contributed by atoms with Crippen LogP contribution in [-0.4, -0.2) is 6.54 Å². The fourth-order valence-corrected chi connectivity index (χ4v) is 1.04. The number of allylic oxidation sites excluding steroid dienone is 2. The minimum atomic E-state index is 0.852. The largest absolute Gasteiger partial charge is 0.330 e. The lowest BCUT2D eigenvalue weighted by Crippen LogP contribution is -1.97. The van der Waals surface area contributed by atoms with Gasteiger partial charge in [0.1, 0.15) is 0 Å². The smallest absolute Gasteiger partial charge is 0.00773 e. The predicted octanol–water partition coefficient (Wildman–Crippen LogP) is 2.86. The van der Waals surface area contributed by atoms with Crippen LogP contribution in [0.2, 0.25) is 0 Å². The summed E-state index contributed by atoms with van der Waals surface area (Å²) in [5.41, 5.74) is 5.38. The molecule has 0 fully saturated rings. The number of rotatable bonds is 7. The molecule has 1 heteroatoms. The maximum absolute atomic E-state index is 5.38. The van der Waals surface area contributed by atoms with Gasteiger partial charge in [-0.25, -0.2) is 0 Å². The Morgan fingerprint density at radius 2 is 1.73 bits per heavy atom. The number of hydrogen-bond acceptors (Lipinski definition) is 1. The molecule has 0 saturated carbocycles. The number of nitrogens with two attached hydrogens (primary N) is 1. The third-order valence-electron chi connectivity index (χ3n) is 1.73. The van der Waals surface area contributed by atoms with Gasteiger partial charge in [-0.2, -0.15) is 0 Å². The monoisotopic (exact) mass is 155 g/mol. The first-order chi connectivity index (χ1) is 5.41. The van der Waals surface area contributed by atoms with Gasteiger partial charge in [-0.15, -0.1) is 0 Å². The van der Waals surface area contributed by atoms with E-state index in [-0.39, 0.29) is 0 Å². The molecule has 2 N–H and O–H groups in total. The van der Waals surface area contributed by atoms with E-state index in [9.17, 15) is 0 Å². The molecule has 0 atom stereocenters. The zero-order valence-corrected chi connectivity index (χ0v) is 7.68. The third kappa shape index (κ3) is 9.70. The van der Waals surface area contributed by atoms with Gasteiger partial charge in [-0.1, -0.05) is 31.9 Å². The highest BCUT2D eigenvalue weighted by Gasteiger charge is 1.85. The lowest BCUT2D eigenvalue weighted by atomic mass is 10.1. The van der Waals surface area contributed by atoms with Crippen molar-refractivity contribution in [2.45, 2.75) is 45.4 Å². The summed E-state index contributed by atoms with van der Waals surface area (Å²) in [6.07, 6.45) is 12.1. The summed E-state index contributed by atoms with van der Waals surface area (Å²) >= 11 is 0. The van der Waals surface area contributed by atoms with Crippen LogP contribution in [-0.2, 0) is 0 Å². The van der Waals surface area contributed by atoms with Crippen molar-refractivity contribution < 1.29 is 0 Å². The molecule has 0 aromatic heterocycles. The summed E-state index contributed by atoms with van der Waals surface area (Å²) in [5, 5.41) is 0. The minimum absolute atomic E-state index is 0.852. The average Bonchev–Trinajstić information content (AvgIpc) is 2.03. The summed E-state index contributed by atoms with van der Waals surface area (Å²) in [6, 6.07) is 0. The molecule has 1 nitrogen and oxygen atoms in total. The maximum Gasteiger partial charge on any atom is -0.00773 e. The third-order valence-corrected chi connectivity index (χ3v) is 1.73. The maximum atomic E-state index is 5.38. The Hall–Kier alpha value is -0.300. The second-order valence-corrected chi connectivity index (χ2v) is 2.87. The topological polar surface area (TPSA) is 26.0 Å². The fraction of sp³-hybridized carbons (Fsp3) is 0.800. The first kappa shape index (κ1) is 10.7. The van der Waals surface area contributed by atoms with Crippen LogP contribution in [0.4, 0.5) is 0 Å². The van der Waals surface area contributed by atoms with Gasteiger partial charge in [-0.3, -0.25) is 0 Å². The summed E-state index contributed by atoms with van der Waals surface area (Å²) in [5.74, 6) is 0. The van der Waals surface area contributed by atoms with E-state index in [1.54, 1.807) is 0 Å². The van der Waals surface area contributed by atoms with Crippen LogP contribution in [0.1, 0.15) is 45.4 Å². The van der Waals surface area contributed by atoms with Crippen molar-refractivity contribution in [1.82, 2.24) is 0 Å². The van der Waals surface area contributed by atoms with Crippen molar-refractivity contribution in [1.29, 1.82) is 0 Å². The molecular weight excluding hydrogens is 134 g/mol. The van der Waals surface area contributed by atoms with E-state index in [2.05, 4.69) is 19.1 Å². The standard InChI is InChI=1S/C10H21N/c1-2-3-4-5-6-7-8-9-10-11/h3-4H,2,5-11H2,1H3/b4-3-. The van der Waals surface area contributed by atoms with Crippen molar-refractivity contribution in [2.75, 3.05) is 6.54 Å². The molecule has 0 rings (SSSR count). The molecule has 0 amide bonds. The van der Waals surface area contributed by atoms with Gasteiger partial charge < -0.3 is 5.73 Å². The van der Waals surface area contributed by atoms with Crippen LogP contribution < -0.4 is 5.73 Å². The number of unbranched alkanes of at least 4 members (excludes halogenated alkanes) is 4. The Morgan fingerprint density at radius 1 is 1.00 bits per heavy atom. The first-order valence-corrected chi connectivity index (χ1v) is 4.77. The van der Waals surface area contributed by atoms with E-state index < -0.39 is 0 Å². The van der Waals surface area contributed by atoms with E-state index in [1.165, 1.54) is 38.5 Å². The van der Waals surface area contributed by atoms with Gasteiger partial charge in [-0.05, 0) is 32.2 Å². The molecule has 0 saturated heterocycles. The quantitative estimate of drug-likeness (QED) is 0.444. The van der Waals surface area contributed by atoms with Crippen molar-refractivity contribution in [2.24, 2.45) is 5.73 Å². The first-order valence-electron chi connectivity index (χ1n) is 4.77. The predicted molar refractivity (Wildman–Crippen MR) is 51.6 cm³/mol. The molecule has 0 unspecified atom stereocenters. The van der Waals surface area contributed by atoms with Crippen LogP contribution in [0, 0.1) is 0 Å². The van der Waals surface area contributed by atoms with E-state index in [0.717, 1.165) is 6.54 Å². The Balaban J connectivity index is 2.85. The van der Waals surface area contributed by atoms with Crippen molar-refractivity contribution in [3.63, 3.8) is 0 Å². The van der Waals surface area contributed by atoms with Gasteiger partial charge in [0.15, 0.2) is 0 Å². The second-order valence-electron chi connectivity index (χ2n) is 2.87. The van der Waals surface area contributed by atoms with Gasteiger partial charge in [0.25, 0.3) is 0 Å². The highest BCUT2D eigenvalue weighted by atomic mass is 14.5. The van der Waals surface area contributed by atoms with E-state index in [0.29, 0.717) is 0 Å². The lowest BCUT2D eigenvalue weighted by molar-refractivity contribution is 0.652. The van der Waals surface area contributed by atoms with Gasteiger partial charge in [0, 0.05) is 0 Å². The molecule has 0 radical (unpaired) electrons. The lowest BCUT2D eigenvalue weighted by Gasteiger charge is -1.95. The SMILES string of the molecule is CC/C=C\CCCCCCN. The molecule has 0 aliphatic heterocycles. The normalized spacial score (nSPS) is 11.1. The number of hydrogen-bond donors (Lipinski definition) is 1. The molecule has 0 bridgehead atoms. The summed E-state index contributed by atoms with van der Waals surface area (Å²) in [4.78, 5) is 0. The van der Waals surface area contributed by atoms with E-state index in [1.807, 2.05) is 0 Å². The fourth-order valence-electron chi connectivity index (χ4n) is 1.04. The highest BCUT2D eigenvalue weighted by Crippen LogP contribution is 2.02. The molecule has 0 aliphatic carbocycles.